The minimum absolute atomic E-state index is 0.0314. The third-order valence-corrected chi connectivity index (χ3v) is 5.78. The van der Waals surface area contributed by atoms with Crippen LogP contribution in [-0.4, -0.2) is 35.9 Å². The molecule has 0 spiro atoms. The number of thiol groups is 1. The van der Waals surface area contributed by atoms with E-state index in [1.165, 1.54) is 0 Å². The minimum Gasteiger partial charge on any atom is -0.268 e. The van der Waals surface area contributed by atoms with Gasteiger partial charge in [-0.3, -0.25) is 14.9 Å². The molecule has 0 aliphatic carbocycles. The van der Waals surface area contributed by atoms with Gasteiger partial charge in [0.15, 0.2) is 0 Å². The van der Waals surface area contributed by atoms with Gasteiger partial charge in [0.2, 0.25) is 0 Å². The second-order valence-electron chi connectivity index (χ2n) is 4.74. The van der Waals surface area contributed by atoms with Crippen molar-refractivity contribution in [3.63, 3.8) is 0 Å². The van der Waals surface area contributed by atoms with E-state index in [4.69, 9.17) is 0 Å². The molecule has 21 heavy (non-hydrogen) atoms. The Hall–Kier alpha value is -1.61. The molecule has 0 N–H and O–H groups in total. The second kappa shape index (κ2) is 5.64. The number of sulfonamides is 1. The maximum atomic E-state index is 12.4. The predicted molar refractivity (Wildman–Crippen MR) is 79.0 cm³/mol. The first kappa shape index (κ1) is 15.8. The van der Waals surface area contributed by atoms with Crippen molar-refractivity contribution in [2.24, 2.45) is 5.92 Å². The van der Waals surface area contributed by atoms with E-state index in [0.29, 0.717) is 12.2 Å². The van der Waals surface area contributed by atoms with Gasteiger partial charge in [-0.25, -0.2) is 12.7 Å². The number of nitrogens with zero attached hydrogens (tertiary/aromatic N) is 2. The molecule has 0 saturated heterocycles. The fourth-order valence-corrected chi connectivity index (χ4v) is 4.12. The minimum atomic E-state index is -3.93. The molecule has 0 fully saturated rings. The van der Waals surface area contributed by atoms with E-state index in [-0.39, 0.29) is 28.6 Å². The van der Waals surface area contributed by atoms with E-state index in [9.17, 15) is 23.3 Å². The van der Waals surface area contributed by atoms with Crippen LogP contribution in [0.15, 0.2) is 23.1 Å². The van der Waals surface area contributed by atoms with Gasteiger partial charge in [-0.15, -0.1) is 0 Å². The standard InChI is InChI=1S/C12H14N2O5S2/c1-2-8(7-20)6-13-12(15)10-5-9(14(16)17)3-4-11(10)21(13,18)19/h3-5,8,20H,2,6-7H2,1H3. The van der Waals surface area contributed by atoms with Crippen molar-refractivity contribution in [2.45, 2.75) is 18.2 Å². The van der Waals surface area contributed by atoms with Crippen LogP contribution in [0.4, 0.5) is 5.69 Å². The molecule has 1 aromatic carbocycles. The summed E-state index contributed by atoms with van der Waals surface area (Å²) in [7, 11) is -3.93. The van der Waals surface area contributed by atoms with Crippen molar-refractivity contribution < 1.29 is 18.1 Å². The Kier molecular flexibility index (Phi) is 4.24. The van der Waals surface area contributed by atoms with Crippen LogP contribution in [0.3, 0.4) is 0 Å². The lowest BCUT2D eigenvalue weighted by atomic mass is 10.1. The summed E-state index contributed by atoms with van der Waals surface area (Å²) in [5, 5.41) is 10.7. The summed E-state index contributed by atoms with van der Waals surface area (Å²) in [6.07, 6.45) is 0.680. The summed E-state index contributed by atoms with van der Waals surface area (Å²) in [5.41, 5.74) is -0.446. The van der Waals surface area contributed by atoms with Crippen molar-refractivity contribution >= 4 is 34.2 Å². The van der Waals surface area contributed by atoms with E-state index >= 15 is 0 Å². The van der Waals surface area contributed by atoms with Crippen LogP contribution >= 0.6 is 12.6 Å². The monoisotopic (exact) mass is 330 g/mol. The molecule has 7 nitrogen and oxygen atoms in total. The zero-order valence-electron chi connectivity index (χ0n) is 11.2. The van der Waals surface area contributed by atoms with Crippen molar-refractivity contribution in [3.05, 3.63) is 33.9 Å². The largest absolute Gasteiger partial charge is 0.270 e. The summed E-state index contributed by atoms with van der Waals surface area (Å²) < 4.78 is 25.5. The van der Waals surface area contributed by atoms with Crippen LogP contribution in [0.25, 0.3) is 0 Å². The van der Waals surface area contributed by atoms with E-state index in [1.807, 2.05) is 6.92 Å². The molecule has 1 heterocycles. The summed E-state index contributed by atoms with van der Waals surface area (Å²) >= 11 is 4.14. The predicted octanol–water partition coefficient (Wildman–Crippen LogP) is 1.70. The van der Waals surface area contributed by atoms with Gasteiger partial charge in [-0.1, -0.05) is 13.3 Å². The fraction of sp³-hybridized carbons (Fsp3) is 0.417. The maximum absolute atomic E-state index is 12.4. The first-order chi connectivity index (χ1) is 9.82. The van der Waals surface area contributed by atoms with E-state index in [0.717, 1.165) is 22.5 Å². The molecule has 0 aromatic heterocycles. The van der Waals surface area contributed by atoms with Crippen molar-refractivity contribution in [1.29, 1.82) is 0 Å². The Morgan fingerprint density at radius 3 is 2.62 bits per heavy atom. The number of hydrogen-bond acceptors (Lipinski definition) is 6. The van der Waals surface area contributed by atoms with Gasteiger partial charge >= 0.3 is 0 Å². The number of carbonyl (C=O) groups excluding carboxylic acids is 1. The molecular formula is C12H14N2O5S2. The number of nitro benzene ring substituents is 1. The summed E-state index contributed by atoms with van der Waals surface area (Å²) in [5.74, 6) is -0.322. The van der Waals surface area contributed by atoms with E-state index in [1.54, 1.807) is 0 Å². The normalized spacial score (nSPS) is 17.6. The zero-order chi connectivity index (χ0) is 15.8. The molecular weight excluding hydrogens is 316 g/mol. The Morgan fingerprint density at radius 2 is 2.10 bits per heavy atom. The van der Waals surface area contributed by atoms with Gasteiger partial charge in [0, 0.05) is 18.7 Å². The number of hydrogen-bond donors (Lipinski definition) is 1. The smallest absolute Gasteiger partial charge is 0.268 e. The summed E-state index contributed by atoms with van der Waals surface area (Å²) in [6.45, 7) is 1.91. The Balaban J connectivity index is 2.46. The third-order valence-electron chi connectivity index (χ3n) is 3.46. The first-order valence-electron chi connectivity index (χ1n) is 6.29. The van der Waals surface area contributed by atoms with Crippen LogP contribution in [-0.2, 0) is 10.0 Å². The molecule has 0 saturated carbocycles. The van der Waals surface area contributed by atoms with Crippen molar-refractivity contribution in [2.75, 3.05) is 12.3 Å². The average molecular weight is 330 g/mol. The number of fused-ring (bicyclic) bond motifs is 1. The number of carbonyl (C=O) groups is 1. The number of amides is 1. The lowest BCUT2D eigenvalue weighted by molar-refractivity contribution is -0.384. The number of rotatable bonds is 5. The highest BCUT2D eigenvalue weighted by molar-refractivity contribution is 7.90. The molecule has 1 atom stereocenters. The highest BCUT2D eigenvalue weighted by Crippen LogP contribution is 2.33. The highest BCUT2D eigenvalue weighted by Gasteiger charge is 2.42. The zero-order valence-corrected chi connectivity index (χ0v) is 12.9. The van der Waals surface area contributed by atoms with Gasteiger partial charge in [0.05, 0.1) is 10.5 Å². The van der Waals surface area contributed by atoms with Crippen LogP contribution in [0.2, 0.25) is 0 Å². The first-order valence-corrected chi connectivity index (χ1v) is 8.36. The van der Waals surface area contributed by atoms with Gasteiger partial charge in [0.1, 0.15) is 4.90 Å². The highest BCUT2D eigenvalue weighted by atomic mass is 32.2. The molecule has 1 unspecified atom stereocenters. The summed E-state index contributed by atoms with van der Waals surface area (Å²) in [6, 6.07) is 3.21. The quantitative estimate of drug-likeness (QED) is 0.503. The average Bonchev–Trinajstić information content (AvgIpc) is 2.64. The van der Waals surface area contributed by atoms with E-state index < -0.39 is 20.9 Å². The Morgan fingerprint density at radius 1 is 1.43 bits per heavy atom. The topological polar surface area (TPSA) is 97.6 Å². The Bertz CT molecular complexity index is 698. The molecule has 1 amide bonds. The van der Waals surface area contributed by atoms with Gasteiger partial charge in [-0.2, -0.15) is 12.6 Å². The van der Waals surface area contributed by atoms with Crippen LogP contribution in [0.5, 0.6) is 0 Å². The third kappa shape index (κ3) is 2.62. The lowest BCUT2D eigenvalue weighted by Gasteiger charge is -2.20. The molecule has 1 aromatic rings. The van der Waals surface area contributed by atoms with Gasteiger partial charge < -0.3 is 0 Å². The van der Waals surface area contributed by atoms with E-state index in [2.05, 4.69) is 12.6 Å². The second-order valence-corrected chi connectivity index (χ2v) is 6.93. The van der Waals surface area contributed by atoms with Crippen LogP contribution in [0, 0.1) is 16.0 Å². The Labute approximate surface area is 127 Å². The molecule has 2 rings (SSSR count). The molecule has 114 valence electrons. The molecule has 9 heteroatoms. The number of non-ortho nitro benzene ring substituents is 1. The molecule has 0 bridgehead atoms. The SMILES string of the molecule is CCC(CS)CN1C(=O)c2cc([N+](=O)[O-])ccc2S1(=O)=O. The summed E-state index contributed by atoms with van der Waals surface area (Å²) in [4.78, 5) is 22.2. The molecule has 0 radical (unpaired) electrons. The molecule has 1 aliphatic heterocycles. The number of nitro groups is 1. The van der Waals surface area contributed by atoms with Gasteiger partial charge in [-0.05, 0) is 17.7 Å². The van der Waals surface area contributed by atoms with Crippen molar-refractivity contribution in [3.8, 4) is 0 Å². The fourth-order valence-electron chi connectivity index (χ4n) is 2.12. The number of benzene rings is 1. The lowest BCUT2D eigenvalue weighted by Crippen LogP contribution is -2.35. The van der Waals surface area contributed by atoms with Crippen molar-refractivity contribution in [1.82, 2.24) is 4.31 Å². The van der Waals surface area contributed by atoms with Crippen LogP contribution < -0.4 is 0 Å². The maximum Gasteiger partial charge on any atom is 0.270 e. The van der Waals surface area contributed by atoms with Gasteiger partial charge in [0.25, 0.3) is 21.6 Å². The molecule has 1 aliphatic rings. The van der Waals surface area contributed by atoms with Crippen LogP contribution in [0.1, 0.15) is 23.7 Å².